The van der Waals surface area contributed by atoms with Crippen molar-refractivity contribution in [2.75, 3.05) is 34.0 Å². The fourth-order valence-electron chi connectivity index (χ4n) is 4.51. The van der Waals surface area contributed by atoms with Crippen LogP contribution in [0.2, 0.25) is 0 Å². The normalized spacial score (nSPS) is 15.3. The molecular weight excluding hydrogens is 508 g/mol. The number of aliphatic imine (C=N–C) groups is 1. The van der Waals surface area contributed by atoms with Gasteiger partial charge in [0.25, 0.3) is 0 Å². The van der Waals surface area contributed by atoms with E-state index in [2.05, 4.69) is 20.8 Å². The second-order valence-corrected chi connectivity index (χ2v) is 10.5. The molecule has 1 unspecified atom stereocenters. The molecule has 1 heterocycles. The van der Waals surface area contributed by atoms with Gasteiger partial charge in [-0.1, -0.05) is 58.6 Å². The smallest absolute Gasteiger partial charge is 0.324 e. The number of rotatable bonds is 16. The average Bonchev–Trinajstić information content (AvgIpc) is 3.28. The highest BCUT2D eigenvalue weighted by Crippen LogP contribution is 2.33. The van der Waals surface area contributed by atoms with Crippen molar-refractivity contribution in [2.24, 2.45) is 16.8 Å². The minimum absolute atomic E-state index is 0.241. The van der Waals surface area contributed by atoms with E-state index in [0.717, 1.165) is 43.4 Å². The molecule has 0 radical (unpaired) electrons. The molecule has 0 bridgehead atoms. The number of carbonyl (C=O) groups excluding carboxylic acids is 2. The lowest BCUT2D eigenvalue weighted by Crippen LogP contribution is -2.41. The van der Waals surface area contributed by atoms with Gasteiger partial charge in [-0.05, 0) is 48.6 Å². The van der Waals surface area contributed by atoms with E-state index in [0.29, 0.717) is 48.6 Å². The lowest BCUT2D eigenvalue weighted by molar-refractivity contribution is -0.139. The molecule has 8 heteroatoms. The molecule has 0 saturated carbocycles. The van der Waals surface area contributed by atoms with Crippen molar-refractivity contribution in [1.29, 1.82) is 0 Å². The maximum Gasteiger partial charge on any atom is 0.324 e. The Hall–Kier alpha value is -3.55. The molecular formula is C32H44N2O6. The van der Waals surface area contributed by atoms with E-state index >= 15 is 0 Å². The molecule has 40 heavy (non-hydrogen) atoms. The van der Waals surface area contributed by atoms with Crippen molar-refractivity contribution < 1.29 is 28.5 Å². The van der Waals surface area contributed by atoms with E-state index in [-0.39, 0.29) is 12.4 Å². The number of ether oxygens (including phenoxy) is 4. The van der Waals surface area contributed by atoms with Gasteiger partial charge >= 0.3 is 5.97 Å². The first kappa shape index (κ1) is 31.0. The quantitative estimate of drug-likeness (QED) is 0.0786. The Morgan fingerprint density at radius 2 is 1.73 bits per heavy atom. The Bertz CT molecular complexity index is 1110. The van der Waals surface area contributed by atoms with Crippen molar-refractivity contribution in [3.05, 3.63) is 48.0 Å². The topological polar surface area (TPSA) is 86.7 Å². The number of hydrogen-bond acceptors (Lipinski definition) is 7. The SMILES string of the molecule is CCCCCCCN(Cc1ccc(OCCC(C)C)cc1)C(=Nc1ccc(OC)cc1OC)C1C(=O)COC1=O. The summed E-state index contributed by atoms with van der Waals surface area (Å²) in [4.78, 5) is 32.7. The molecule has 2 aromatic rings. The number of cyclic esters (lactones) is 1. The highest BCUT2D eigenvalue weighted by Gasteiger charge is 2.42. The van der Waals surface area contributed by atoms with Gasteiger partial charge in [-0.3, -0.25) is 9.59 Å². The first-order valence-electron chi connectivity index (χ1n) is 14.3. The summed E-state index contributed by atoms with van der Waals surface area (Å²) in [6, 6.07) is 13.3. The predicted molar refractivity (Wildman–Crippen MR) is 157 cm³/mol. The molecule has 2 aromatic carbocycles. The van der Waals surface area contributed by atoms with E-state index in [1.54, 1.807) is 32.4 Å². The molecule has 0 spiro atoms. The number of ketones is 1. The summed E-state index contributed by atoms with van der Waals surface area (Å²) in [6.45, 7) is 8.10. The summed E-state index contributed by atoms with van der Waals surface area (Å²) in [5, 5.41) is 0. The molecule has 0 aromatic heterocycles. The predicted octanol–water partition coefficient (Wildman–Crippen LogP) is 6.37. The fourth-order valence-corrected chi connectivity index (χ4v) is 4.51. The second kappa shape index (κ2) is 15.9. The van der Waals surface area contributed by atoms with Crippen LogP contribution in [0.1, 0.15) is 64.9 Å². The summed E-state index contributed by atoms with van der Waals surface area (Å²) in [5.74, 6) is 0.949. The zero-order valence-corrected chi connectivity index (χ0v) is 24.6. The van der Waals surface area contributed by atoms with E-state index in [1.165, 1.54) is 6.42 Å². The van der Waals surface area contributed by atoms with E-state index in [4.69, 9.17) is 23.9 Å². The largest absolute Gasteiger partial charge is 0.497 e. The van der Waals surface area contributed by atoms with Crippen molar-refractivity contribution in [3.63, 3.8) is 0 Å². The molecule has 8 nitrogen and oxygen atoms in total. The molecule has 1 aliphatic rings. The van der Waals surface area contributed by atoms with Crippen LogP contribution in [0.15, 0.2) is 47.5 Å². The Kier molecular flexibility index (Phi) is 12.3. The number of nitrogens with zero attached hydrogens (tertiary/aromatic N) is 2. The molecule has 0 aliphatic carbocycles. The van der Waals surface area contributed by atoms with Crippen molar-refractivity contribution in [1.82, 2.24) is 4.90 Å². The van der Waals surface area contributed by atoms with Crippen LogP contribution in [-0.4, -0.2) is 56.5 Å². The van der Waals surface area contributed by atoms with Crippen LogP contribution in [0.5, 0.6) is 17.2 Å². The highest BCUT2D eigenvalue weighted by molar-refractivity contribution is 6.22. The lowest BCUT2D eigenvalue weighted by atomic mass is 10.0. The van der Waals surface area contributed by atoms with Gasteiger partial charge in [-0.25, -0.2) is 4.99 Å². The molecule has 1 saturated heterocycles. The first-order valence-corrected chi connectivity index (χ1v) is 14.3. The summed E-state index contributed by atoms with van der Waals surface area (Å²) < 4.78 is 21.9. The molecule has 218 valence electrons. The molecule has 1 atom stereocenters. The Labute approximate surface area is 238 Å². The van der Waals surface area contributed by atoms with Crippen molar-refractivity contribution >= 4 is 23.3 Å². The molecule has 1 fully saturated rings. The van der Waals surface area contributed by atoms with Gasteiger partial charge in [-0.2, -0.15) is 0 Å². The van der Waals surface area contributed by atoms with Crippen LogP contribution in [-0.2, 0) is 20.9 Å². The number of methoxy groups -OCH3 is 2. The van der Waals surface area contributed by atoms with Gasteiger partial charge in [-0.15, -0.1) is 0 Å². The minimum Gasteiger partial charge on any atom is -0.497 e. The number of benzene rings is 2. The number of Topliss-reactive ketones (excluding diaryl/α,β-unsaturated/α-hetero) is 1. The fraction of sp³-hybridized carbons (Fsp3) is 0.531. The van der Waals surface area contributed by atoms with Crippen molar-refractivity contribution in [3.8, 4) is 17.2 Å². The average molecular weight is 553 g/mol. The molecule has 1 aliphatic heterocycles. The third kappa shape index (κ3) is 9.00. The molecule has 0 amide bonds. The monoisotopic (exact) mass is 552 g/mol. The molecule has 3 rings (SSSR count). The zero-order chi connectivity index (χ0) is 28.9. The zero-order valence-electron chi connectivity index (χ0n) is 24.6. The third-order valence-corrected chi connectivity index (χ3v) is 6.91. The summed E-state index contributed by atoms with van der Waals surface area (Å²) in [7, 11) is 3.13. The first-order chi connectivity index (χ1) is 19.4. The lowest BCUT2D eigenvalue weighted by Gasteiger charge is -2.28. The Morgan fingerprint density at radius 3 is 2.35 bits per heavy atom. The number of hydrogen-bond donors (Lipinski definition) is 0. The maximum absolute atomic E-state index is 12.9. The summed E-state index contributed by atoms with van der Waals surface area (Å²) >= 11 is 0. The number of carbonyl (C=O) groups is 2. The summed E-state index contributed by atoms with van der Waals surface area (Å²) in [5.41, 5.74) is 1.54. The van der Waals surface area contributed by atoms with Crippen LogP contribution < -0.4 is 14.2 Å². The van der Waals surface area contributed by atoms with Crippen LogP contribution in [0.3, 0.4) is 0 Å². The van der Waals surface area contributed by atoms with Crippen LogP contribution >= 0.6 is 0 Å². The van der Waals surface area contributed by atoms with Gasteiger partial charge < -0.3 is 23.8 Å². The Morgan fingerprint density at radius 1 is 1.00 bits per heavy atom. The van der Waals surface area contributed by atoms with Crippen LogP contribution in [0.4, 0.5) is 5.69 Å². The summed E-state index contributed by atoms with van der Waals surface area (Å²) in [6.07, 6.45) is 6.42. The van der Waals surface area contributed by atoms with Crippen LogP contribution in [0, 0.1) is 11.8 Å². The van der Waals surface area contributed by atoms with Gasteiger partial charge in [0.1, 0.15) is 28.8 Å². The van der Waals surface area contributed by atoms with Crippen LogP contribution in [0.25, 0.3) is 0 Å². The van der Waals surface area contributed by atoms with Crippen molar-refractivity contribution in [2.45, 2.75) is 65.8 Å². The standard InChI is InChI=1S/C32H44N2O6/c1-6-7-8-9-10-18-34(21-24-11-13-25(14-12-24)39-19-17-23(2)3)31(30-28(35)22-40-32(30)36)33-27-16-15-26(37-4)20-29(27)38-5/h11-16,20,23,30H,6-10,17-19,21-22H2,1-5H3. The second-order valence-electron chi connectivity index (χ2n) is 10.5. The number of unbranched alkanes of at least 4 members (excludes halogenated alkanes) is 4. The van der Waals surface area contributed by atoms with E-state index in [1.807, 2.05) is 29.2 Å². The van der Waals surface area contributed by atoms with E-state index in [9.17, 15) is 9.59 Å². The number of amidine groups is 1. The maximum atomic E-state index is 12.9. The number of esters is 1. The highest BCUT2D eigenvalue weighted by atomic mass is 16.5. The van der Waals surface area contributed by atoms with Gasteiger partial charge in [0.2, 0.25) is 0 Å². The van der Waals surface area contributed by atoms with Gasteiger partial charge in [0.05, 0.1) is 20.8 Å². The van der Waals surface area contributed by atoms with E-state index < -0.39 is 11.9 Å². The molecule has 0 N–H and O–H groups in total. The van der Waals surface area contributed by atoms with Gasteiger partial charge in [0.15, 0.2) is 18.3 Å². The van der Waals surface area contributed by atoms with Gasteiger partial charge in [0, 0.05) is 19.2 Å². The third-order valence-electron chi connectivity index (χ3n) is 6.91. The minimum atomic E-state index is -1.08. The Balaban J connectivity index is 1.95.